The number of carbonyl (C=O) groups is 1. The maximum Gasteiger partial charge on any atom is 0.227 e. The predicted octanol–water partition coefficient (Wildman–Crippen LogP) is 3.10. The first-order valence-electron chi connectivity index (χ1n) is 7.35. The molecule has 1 aromatic rings. The number of hydrogen-bond acceptors (Lipinski definition) is 2. The number of para-hydroxylation sites is 1. The van der Waals surface area contributed by atoms with E-state index < -0.39 is 0 Å². The Bertz CT molecular complexity index is 423. The quantitative estimate of drug-likeness (QED) is 0.874. The number of carbonyl (C=O) groups excluding carboxylic acids is 1. The van der Waals surface area contributed by atoms with Gasteiger partial charge in [-0.05, 0) is 43.7 Å². The largest absolute Gasteiger partial charge is 0.328 e. The van der Waals surface area contributed by atoms with Gasteiger partial charge in [-0.2, -0.15) is 0 Å². The van der Waals surface area contributed by atoms with Crippen LogP contribution in [0.25, 0.3) is 0 Å². The average Bonchev–Trinajstić information content (AvgIpc) is 2.42. The van der Waals surface area contributed by atoms with E-state index in [4.69, 9.17) is 5.73 Å². The van der Waals surface area contributed by atoms with Crippen molar-refractivity contribution in [2.45, 2.75) is 51.5 Å². The second-order valence-electron chi connectivity index (χ2n) is 5.51. The Balaban J connectivity index is 1.98. The molecule has 19 heavy (non-hydrogen) atoms. The van der Waals surface area contributed by atoms with Crippen LogP contribution in [-0.2, 0) is 11.2 Å². The molecule has 1 saturated carbocycles. The summed E-state index contributed by atoms with van der Waals surface area (Å²) in [4.78, 5) is 12.3. The van der Waals surface area contributed by atoms with E-state index in [1.54, 1.807) is 0 Å². The highest BCUT2D eigenvalue weighted by Crippen LogP contribution is 2.25. The highest BCUT2D eigenvalue weighted by atomic mass is 16.1. The lowest BCUT2D eigenvalue weighted by Crippen LogP contribution is -2.32. The fraction of sp³-hybridized carbons (Fsp3) is 0.562. The fourth-order valence-electron chi connectivity index (χ4n) is 2.75. The molecule has 2 rings (SSSR count). The average molecular weight is 260 g/mol. The molecule has 3 heteroatoms. The molecule has 0 aliphatic heterocycles. The van der Waals surface area contributed by atoms with Crippen molar-refractivity contribution in [3.63, 3.8) is 0 Å². The van der Waals surface area contributed by atoms with Crippen LogP contribution in [0.15, 0.2) is 24.3 Å². The van der Waals surface area contributed by atoms with Crippen molar-refractivity contribution < 1.29 is 4.79 Å². The van der Waals surface area contributed by atoms with E-state index in [-0.39, 0.29) is 17.9 Å². The van der Waals surface area contributed by atoms with Gasteiger partial charge in [0.25, 0.3) is 0 Å². The van der Waals surface area contributed by atoms with Gasteiger partial charge in [0, 0.05) is 17.6 Å². The zero-order valence-electron chi connectivity index (χ0n) is 11.7. The molecular weight excluding hydrogens is 236 g/mol. The number of hydrogen-bond donors (Lipinski definition) is 2. The summed E-state index contributed by atoms with van der Waals surface area (Å²) in [6, 6.07) is 8.38. The summed E-state index contributed by atoms with van der Waals surface area (Å²) in [5.74, 6) is 0.296. The summed E-state index contributed by atoms with van der Waals surface area (Å²) in [6.45, 7) is 2.15. The molecule has 1 aliphatic carbocycles. The summed E-state index contributed by atoms with van der Waals surface area (Å²) in [5, 5.41) is 3.10. The molecule has 0 radical (unpaired) electrons. The van der Waals surface area contributed by atoms with Crippen LogP contribution in [0.5, 0.6) is 0 Å². The van der Waals surface area contributed by atoms with Gasteiger partial charge in [0.2, 0.25) is 5.91 Å². The van der Waals surface area contributed by atoms with Crippen molar-refractivity contribution in [1.82, 2.24) is 0 Å². The van der Waals surface area contributed by atoms with E-state index in [1.165, 1.54) is 5.56 Å². The molecule has 0 bridgehead atoms. The maximum atomic E-state index is 12.3. The highest BCUT2D eigenvalue weighted by Gasteiger charge is 2.24. The van der Waals surface area contributed by atoms with Crippen molar-refractivity contribution in [2.24, 2.45) is 11.7 Å². The maximum absolute atomic E-state index is 12.3. The van der Waals surface area contributed by atoms with Crippen molar-refractivity contribution in [3.05, 3.63) is 29.8 Å². The van der Waals surface area contributed by atoms with E-state index in [1.807, 2.05) is 18.2 Å². The Morgan fingerprint density at radius 2 is 1.95 bits per heavy atom. The third kappa shape index (κ3) is 3.80. The monoisotopic (exact) mass is 260 g/mol. The SMILES string of the molecule is CCCc1ccccc1NC(=O)C1CCC(N)CC1. The lowest BCUT2D eigenvalue weighted by atomic mass is 9.86. The van der Waals surface area contributed by atoms with Crippen LogP contribution >= 0.6 is 0 Å². The molecule has 0 atom stereocenters. The van der Waals surface area contributed by atoms with Crippen LogP contribution < -0.4 is 11.1 Å². The molecule has 3 N–H and O–H groups in total. The number of aryl methyl sites for hydroxylation is 1. The molecule has 1 amide bonds. The number of benzene rings is 1. The molecule has 0 heterocycles. The molecule has 0 unspecified atom stereocenters. The second-order valence-corrected chi connectivity index (χ2v) is 5.51. The lowest BCUT2D eigenvalue weighted by Gasteiger charge is -2.25. The number of anilines is 1. The highest BCUT2D eigenvalue weighted by molar-refractivity contribution is 5.93. The Kier molecular flexibility index (Phi) is 4.97. The molecule has 3 nitrogen and oxygen atoms in total. The summed E-state index contributed by atoms with van der Waals surface area (Å²) >= 11 is 0. The van der Waals surface area contributed by atoms with E-state index in [0.717, 1.165) is 44.2 Å². The van der Waals surface area contributed by atoms with Gasteiger partial charge in [0.15, 0.2) is 0 Å². The summed E-state index contributed by atoms with van der Waals surface area (Å²) in [7, 11) is 0. The number of amides is 1. The molecule has 0 aromatic heterocycles. The van der Waals surface area contributed by atoms with E-state index in [9.17, 15) is 4.79 Å². The van der Waals surface area contributed by atoms with E-state index in [0.29, 0.717) is 0 Å². The Hall–Kier alpha value is -1.35. The minimum Gasteiger partial charge on any atom is -0.328 e. The molecule has 104 valence electrons. The summed E-state index contributed by atoms with van der Waals surface area (Å²) in [6.07, 6.45) is 5.87. The predicted molar refractivity (Wildman–Crippen MR) is 79.0 cm³/mol. The molecule has 1 fully saturated rings. The normalized spacial score (nSPS) is 23.1. The van der Waals surface area contributed by atoms with Gasteiger partial charge in [-0.15, -0.1) is 0 Å². The van der Waals surface area contributed by atoms with Crippen LogP contribution in [0.1, 0.15) is 44.6 Å². The van der Waals surface area contributed by atoms with Crippen molar-refractivity contribution in [3.8, 4) is 0 Å². The van der Waals surface area contributed by atoms with Crippen LogP contribution in [0.4, 0.5) is 5.69 Å². The Labute approximate surface area is 115 Å². The van der Waals surface area contributed by atoms with Gasteiger partial charge >= 0.3 is 0 Å². The summed E-state index contributed by atoms with van der Waals surface area (Å²) in [5.41, 5.74) is 8.09. The van der Waals surface area contributed by atoms with Crippen molar-refractivity contribution in [1.29, 1.82) is 0 Å². The third-order valence-electron chi connectivity index (χ3n) is 3.94. The van der Waals surface area contributed by atoms with E-state index in [2.05, 4.69) is 18.3 Å². The van der Waals surface area contributed by atoms with Crippen LogP contribution in [0.2, 0.25) is 0 Å². The van der Waals surface area contributed by atoms with Gasteiger partial charge < -0.3 is 11.1 Å². The zero-order chi connectivity index (χ0) is 13.7. The third-order valence-corrected chi connectivity index (χ3v) is 3.94. The Morgan fingerprint density at radius 3 is 2.63 bits per heavy atom. The lowest BCUT2D eigenvalue weighted by molar-refractivity contribution is -0.120. The summed E-state index contributed by atoms with van der Waals surface area (Å²) < 4.78 is 0. The first-order chi connectivity index (χ1) is 9.20. The van der Waals surface area contributed by atoms with Gasteiger partial charge in [-0.1, -0.05) is 31.5 Å². The first kappa shape index (κ1) is 14.1. The first-order valence-corrected chi connectivity index (χ1v) is 7.35. The van der Waals surface area contributed by atoms with Crippen LogP contribution in [0.3, 0.4) is 0 Å². The van der Waals surface area contributed by atoms with Crippen LogP contribution in [-0.4, -0.2) is 11.9 Å². The molecule has 0 saturated heterocycles. The van der Waals surface area contributed by atoms with Crippen molar-refractivity contribution >= 4 is 11.6 Å². The van der Waals surface area contributed by atoms with Crippen molar-refractivity contribution in [2.75, 3.05) is 5.32 Å². The smallest absolute Gasteiger partial charge is 0.227 e. The second kappa shape index (κ2) is 6.71. The standard InChI is InChI=1S/C16H24N2O/c1-2-5-12-6-3-4-7-15(12)18-16(19)13-8-10-14(17)11-9-13/h3-4,6-7,13-14H,2,5,8-11,17H2,1H3,(H,18,19). The van der Waals surface area contributed by atoms with Gasteiger partial charge in [-0.3, -0.25) is 4.79 Å². The zero-order valence-corrected chi connectivity index (χ0v) is 11.7. The minimum atomic E-state index is 0.134. The van der Waals surface area contributed by atoms with E-state index >= 15 is 0 Å². The number of nitrogens with one attached hydrogen (secondary N) is 1. The topological polar surface area (TPSA) is 55.1 Å². The molecule has 0 spiro atoms. The molecule has 1 aromatic carbocycles. The van der Waals surface area contributed by atoms with Gasteiger partial charge in [0.05, 0.1) is 0 Å². The van der Waals surface area contributed by atoms with Crippen LogP contribution in [0, 0.1) is 5.92 Å². The number of rotatable bonds is 4. The molecule has 1 aliphatic rings. The fourth-order valence-corrected chi connectivity index (χ4v) is 2.75. The van der Waals surface area contributed by atoms with Gasteiger partial charge in [0.1, 0.15) is 0 Å². The minimum absolute atomic E-state index is 0.134. The number of nitrogens with two attached hydrogens (primary N) is 1. The molecular formula is C16H24N2O. The van der Waals surface area contributed by atoms with Gasteiger partial charge in [-0.25, -0.2) is 0 Å². The Morgan fingerprint density at radius 1 is 1.26 bits per heavy atom.